The summed E-state index contributed by atoms with van der Waals surface area (Å²) in [6.45, 7) is 1.61. The first-order chi connectivity index (χ1) is 7.59. The number of hydrogen-bond donors (Lipinski definition) is 1. The van der Waals surface area contributed by atoms with E-state index in [4.69, 9.17) is 0 Å². The molecular weight excluding hydrogens is 202 g/mol. The zero-order chi connectivity index (χ0) is 11.6. The molecule has 0 radical (unpaired) electrons. The lowest BCUT2D eigenvalue weighted by Crippen LogP contribution is -2.39. The molecule has 4 nitrogen and oxygen atoms in total. The Morgan fingerprint density at radius 2 is 2.19 bits per heavy atom. The Morgan fingerprint density at radius 3 is 2.75 bits per heavy atom. The third-order valence-electron chi connectivity index (χ3n) is 3.45. The largest absolute Gasteiger partial charge is 0.389 e. The van der Waals surface area contributed by atoms with Crippen LogP contribution in [0.3, 0.4) is 0 Å². The van der Waals surface area contributed by atoms with Gasteiger partial charge in [-0.3, -0.25) is 9.58 Å². The van der Waals surface area contributed by atoms with Crippen molar-refractivity contribution in [3.63, 3.8) is 0 Å². The average molecular weight is 223 g/mol. The molecule has 1 aliphatic rings. The number of aryl methyl sites for hydroxylation is 1. The Hall–Kier alpha value is -0.870. The van der Waals surface area contributed by atoms with E-state index in [-0.39, 0.29) is 0 Å². The summed E-state index contributed by atoms with van der Waals surface area (Å²) in [5.74, 6) is 0. The lowest BCUT2D eigenvalue weighted by atomic mass is 10.0. The van der Waals surface area contributed by atoms with Gasteiger partial charge in [-0.1, -0.05) is 12.8 Å². The molecule has 0 unspecified atom stereocenters. The van der Waals surface area contributed by atoms with Crippen molar-refractivity contribution < 1.29 is 5.11 Å². The second-order valence-electron chi connectivity index (χ2n) is 5.05. The minimum absolute atomic E-state index is 0.451. The van der Waals surface area contributed by atoms with Gasteiger partial charge in [0.25, 0.3) is 0 Å². The molecule has 1 saturated carbocycles. The van der Waals surface area contributed by atoms with Gasteiger partial charge in [0.2, 0.25) is 0 Å². The lowest BCUT2D eigenvalue weighted by molar-refractivity contribution is 0.0140. The summed E-state index contributed by atoms with van der Waals surface area (Å²) in [4.78, 5) is 2.18. The Labute approximate surface area is 96.9 Å². The first-order valence-electron chi connectivity index (χ1n) is 5.97. The fourth-order valence-electron chi connectivity index (χ4n) is 2.58. The standard InChI is InChI=1S/C12H21N3O/c1-14(9-11-5-8-13-15(11)2)10-12(16)6-3-4-7-12/h5,8,16H,3-4,6-7,9-10H2,1-2H3. The molecular formula is C12H21N3O. The molecule has 1 aromatic heterocycles. The predicted molar refractivity (Wildman–Crippen MR) is 63.0 cm³/mol. The number of hydrogen-bond acceptors (Lipinski definition) is 3. The minimum atomic E-state index is -0.451. The van der Waals surface area contributed by atoms with E-state index in [1.807, 2.05) is 24.0 Å². The van der Waals surface area contributed by atoms with Crippen molar-refractivity contribution in [1.29, 1.82) is 0 Å². The maximum absolute atomic E-state index is 10.3. The van der Waals surface area contributed by atoms with E-state index in [2.05, 4.69) is 17.0 Å². The Balaban J connectivity index is 1.89. The number of nitrogens with zero attached hydrogens (tertiary/aromatic N) is 3. The zero-order valence-corrected chi connectivity index (χ0v) is 10.2. The van der Waals surface area contributed by atoms with Gasteiger partial charge in [-0.15, -0.1) is 0 Å². The van der Waals surface area contributed by atoms with Gasteiger partial charge in [0.05, 0.1) is 11.3 Å². The van der Waals surface area contributed by atoms with E-state index >= 15 is 0 Å². The Bertz CT molecular complexity index is 342. The van der Waals surface area contributed by atoms with E-state index in [1.54, 1.807) is 0 Å². The quantitative estimate of drug-likeness (QED) is 0.832. The van der Waals surface area contributed by atoms with Gasteiger partial charge < -0.3 is 5.11 Å². The van der Waals surface area contributed by atoms with Gasteiger partial charge in [-0.25, -0.2) is 0 Å². The highest BCUT2D eigenvalue weighted by molar-refractivity contribution is 5.00. The predicted octanol–water partition coefficient (Wildman–Crippen LogP) is 1.16. The molecule has 1 aromatic rings. The molecule has 1 aliphatic carbocycles. The highest BCUT2D eigenvalue weighted by Gasteiger charge is 2.32. The molecule has 0 aromatic carbocycles. The Kier molecular flexibility index (Phi) is 3.30. The fraction of sp³-hybridized carbons (Fsp3) is 0.750. The number of likely N-dealkylation sites (N-methyl/N-ethyl adjacent to an activating group) is 1. The van der Waals surface area contributed by atoms with E-state index in [0.29, 0.717) is 0 Å². The maximum atomic E-state index is 10.3. The van der Waals surface area contributed by atoms with Gasteiger partial charge in [0.15, 0.2) is 0 Å². The Morgan fingerprint density at radius 1 is 1.50 bits per heavy atom. The van der Waals surface area contributed by atoms with Crippen LogP contribution in [0, 0.1) is 0 Å². The summed E-state index contributed by atoms with van der Waals surface area (Å²) in [5, 5.41) is 14.4. The van der Waals surface area contributed by atoms with Crippen LogP contribution in [0.15, 0.2) is 12.3 Å². The van der Waals surface area contributed by atoms with Crippen molar-refractivity contribution in [3.8, 4) is 0 Å². The molecule has 1 heterocycles. The number of aliphatic hydroxyl groups is 1. The van der Waals surface area contributed by atoms with E-state index < -0.39 is 5.60 Å². The van der Waals surface area contributed by atoms with E-state index in [0.717, 1.165) is 38.8 Å². The summed E-state index contributed by atoms with van der Waals surface area (Å²) in [6, 6.07) is 2.02. The van der Waals surface area contributed by atoms with Crippen LogP contribution in [0.5, 0.6) is 0 Å². The second kappa shape index (κ2) is 4.55. The van der Waals surface area contributed by atoms with Crippen LogP contribution in [-0.4, -0.2) is 39.0 Å². The van der Waals surface area contributed by atoms with Gasteiger partial charge >= 0.3 is 0 Å². The van der Waals surface area contributed by atoms with Crippen LogP contribution >= 0.6 is 0 Å². The van der Waals surface area contributed by atoms with Gasteiger partial charge in [-0.2, -0.15) is 5.10 Å². The first kappa shape index (κ1) is 11.6. The number of rotatable bonds is 4. The molecule has 90 valence electrons. The summed E-state index contributed by atoms with van der Waals surface area (Å²) >= 11 is 0. The smallest absolute Gasteiger partial charge is 0.0774 e. The van der Waals surface area contributed by atoms with Crippen molar-refractivity contribution in [1.82, 2.24) is 14.7 Å². The molecule has 4 heteroatoms. The van der Waals surface area contributed by atoms with Crippen LogP contribution in [-0.2, 0) is 13.6 Å². The molecule has 0 bridgehead atoms. The third kappa shape index (κ3) is 2.62. The van der Waals surface area contributed by atoms with Crippen molar-refractivity contribution in [2.75, 3.05) is 13.6 Å². The normalized spacial score (nSPS) is 19.5. The first-order valence-corrected chi connectivity index (χ1v) is 5.97. The molecule has 16 heavy (non-hydrogen) atoms. The fourth-order valence-corrected chi connectivity index (χ4v) is 2.58. The molecule has 0 spiro atoms. The minimum Gasteiger partial charge on any atom is -0.389 e. The molecule has 0 amide bonds. The van der Waals surface area contributed by atoms with Crippen LogP contribution < -0.4 is 0 Å². The van der Waals surface area contributed by atoms with Crippen LogP contribution in [0.2, 0.25) is 0 Å². The topological polar surface area (TPSA) is 41.3 Å². The maximum Gasteiger partial charge on any atom is 0.0774 e. The van der Waals surface area contributed by atoms with E-state index in [1.165, 1.54) is 5.69 Å². The van der Waals surface area contributed by atoms with Crippen LogP contribution in [0.25, 0.3) is 0 Å². The highest BCUT2D eigenvalue weighted by atomic mass is 16.3. The molecule has 0 atom stereocenters. The van der Waals surface area contributed by atoms with Crippen LogP contribution in [0.4, 0.5) is 0 Å². The van der Waals surface area contributed by atoms with Crippen molar-refractivity contribution in [2.45, 2.75) is 37.8 Å². The molecule has 0 aliphatic heterocycles. The van der Waals surface area contributed by atoms with Gasteiger partial charge in [0.1, 0.15) is 0 Å². The van der Waals surface area contributed by atoms with Gasteiger partial charge in [0, 0.05) is 26.3 Å². The molecule has 2 rings (SSSR count). The SMILES string of the molecule is CN(Cc1ccnn1C)CC1(O)CCCC1. The summed E-state index contributed by atoms with van der Waals surface area (Å²) in [6.07, 6.45) is 6.03. The zero-order valence-electron chi connectivity index (χ0n) is 10.2. The molecule has 0 saturated heterocycles. The van der Waals surface area contributed by atoms with E-state index in [9.17, 15) is 5.11 Å². The summed E-state index contributed by atoms with van der Waals surface area (Å²) < 4.78 is 1.88. The van der Waals surface area contributed by atoms with Crippen LogP contribution in [0.1, 0.15) is 31.4 Å². The third-order valence-corrected chi connectivity index (χ3v) is 3.45. The second-order valence-corrected chi connectivity index (χ2v) is 5.05. The summed E-state index contributed by atoms with van der Waals surface area (Å²) in [7, 11) is 4.01. The molecule has 1 N–H and O–H groups in total. The lowest BCUT2D eigenvalue weighted by Gasteiger charge is -2.28. The van der Waals surface area contributed by atoms with Crippen molar-refractivity contribution in [3.05, 3.63) is 18.0 Å². The van der Waals surface area contributed by atoms with Crippen molar-refractivity contribution in [2.24, 2.45) is 7.05 Å². The number of aromatic nitrogens is 2. The van der Waals surface area contributed by atoms with Crippen molar-refractivity contribution >= 4 is 0 Å². The average Bonchev–Trinajstić information content (AvgIpc) is 2.77. The highest BCUT2D eigenvalue weighted by Crippen LogP contribution is 2.30. The molecule has 1 fully saturated rings. The monoisotopic (exact) mass is 223 g/mol. The van der Waals surface area contributed by atoms with Gasteiger partial charge in [-0.05, 0) is 26.0 Å². The summed E-state index contributed by atoms with van der Waals surface area (Å²) in [5.41, 5.74) is 0.733.